The summed E-state index contributed by atoms with van der Waals surface area (Å²) in [4.78, 5) is 28.1. The first-order valence-electron chi connectivity index (χ1n) is 8.26. The number of hydrogen-bond donors (Lipinski definition) is 3. The zero-order chi connectivity index (χ0) is 18.0. The van der Waals surface area contributed by atoms with Crippen molar-refractivity contribution in [3.63, 3.8) is 0 Å². The van der Waals surface area contributed by atoms with E-state index in [0.717, 1.165) is 12.0 Å². The Balaban J connectivity index is 2.23. The summed E-state index contributed by atoms with van der Waals surface area (Å²) in [6, 6.07) is 12.4. The normalized spacial score (nSPS) is 10.8. The summed E-state index contributed by atoms with van der Waals surface area (Å²) in [5.74, 6) is -0.592. The molecule has 0 saturated heterocycles. The third-order valence-corrected chi connectivity index (χ3v) is 4.13. The molecule has 0 radical (unpaired) electrons. The smallest absolute Gasteiger partial charge is 0.253 e. The molecule has 128 valence electrons. The third-order valence-electron chi connectivity index (χ3n) is 4.13. The predicted molar refractivity (Wildman–Crippen MR) is 99.0 cm³/mol. The van der Waals surface area contributed by atoms with E-state index < -0.39 is 5.43 Å². The fraction of sp³-hybridized carbons (Fsp3) is 0.200. The zero-order valence-electron chi connectivity index (χ0n) is 14.2. The Morgan fingerprint density at radius 3 is 2.56 bits per heavy atom. The first-order chi connectivity index (χ1) is 12.0. The van der Waals surface area contributed by atoms with E-state index in [-0.39, 0.29) is 17.0 Å². The number of pyridine rings is 1. The molecule has 0 aliphatic heterocycles. The van der Waals surface area contributed by atoms with Gasteiger partial charge in [0.15, 0.2) is 5.75 Å². The van der Waals surface area contributed by atoms with Crippen LogP contribution in [0.4, 0.5) is 0 Å². The first kappa shape index (κ1) is 16.8. The minimum atomic E-state index is -0.491. The minimum Gasteiger partial charge on any atom is -0.503 e. The molecule has 1 heterocycles. The van der Waals surface area contributed by atoms with Gasteiger partial charge in [0.25, 0.3) is 5.91 Å². The second kappa shape index (κ2) is 6.81. The molecule has 1 aromatic heterocycles. The molecule has 1 amide bonds. The molecule has 5 heteroatoms. The molecule has 5 nitrogen and oxygen atoms in total. The van der Waals surface area contributed by atoms with Gasteiger partial charge in [-0.3, -0.25) is 9.59 Å². The van der Waals surface area contributed by atoms with Crippen LogP contribution in [-0.2, 0) is 0 Å². The number of aromatic amines is 1. The predicted octanol–water partition coefficient (Wildman–Crippen LogP) is 3.35. The maximum Gasteiger partial charge on any atom is 0.253 e. The standard InChI is InChI=1S/C20H20N2O3/c1-3-11-21-20(25)15-6-4-5-14-17(15)22-16(19(24)18(14)23)13-9-7-12(2)8-10-13/h4-10,24H,3,11H2,1-2H3,(H,21,25)(H,22,23). The summed E-state index contributed by atoms with van der Waals surface area (Å²) >= 11 is 0. The fourth-order valence-corrected chi connectivity index (χ4v) is 2.75. The zero-order valence-corrected chi connectivity index (χ0v) is 14.2. The SMILES string of the molecule is CCCNC(=O)c1cccc2c(=O)c(O)c(-c3ccc(C)cc3)[nH]c12. The molecule has 25 heavy (non-hydrogen) atoms. The largest absolute Gasteiger partial charge is 0.503 e. The second-order valence-electron chi connectivity index (χ2n) is 6.03. The maximum atomic E-state index is 12.6. The Morgan fingerprint density at radius 1 is 1.16 bits per heavy atom. The molecular weight excluding hydrogens is 316 g/mol. The molecule has 0 aliphatic carbocycles. The average molecular weight is 336 g/mol. The van der Waals surface area contributed by atoms with Crippen molar-refractivity contribution in [1.29, 1.82) is 0 Å². The van der Waals surface area contributed by atoms with Gasteiger partial charge in [0.2, 0.25) is 5.43 Å². The van der Waals surface area contributed by atoms with E-state index in [0.29, 0.717) is 28.9 Å². The Hall–Kier alpha value is -3.08. The average Bonchev–Trinajstić information content (AvgIpc) is 2.63. The first-order valence-corrected chi connectivity index (χ1v) is 8.26. The van der Waals surface area contributed by atoms with Crippen LogP contribution in [0.15, 0.2) is 47.3 Å². The summed E-state index contributed by atoms with van der Waals surface area (Å²) in [6.07, 6.45) is 0.822. The number of nitrogens with one attached hydrogen (secondary N) is 2. The summed E-state index contributed by atoms with van der Waals surface area (Å²) < 4.78 is 0. The number of aromatic hydroxyl groups is 1. The molecule has 2 aromatic carbocycles. The molecule has 0 saturated carbocycles. The van der Waals surface area contributed by atoms with Crippen LogP contribution in [0.3, 0.4) is 0 Å². The van der Waals surface area contributed by atoms with Crippen LogP contribution >= 0.6 is 0 Å². The van der Waals surface area contributed by atoms with Crippen molar-refractivity contribution in [3.05, 3.63) is 63.8 Å². The van der Waals surface area contributed by atoms with Crippen molar-refractivity contribution < 1.29 is 9.90 Å². The van der Waals surface area contributed by atoms with Gasteiger partial charge < -0.3 is 15.4 Å². The van der Waals surface area contributed by atoms with Crippen LogP contribution in [0.2, 0.25) is 0 Å². The summed E-state index contributed by atoms with van der Waals surface area (Å²) in [7, 11) is 0. The van der Waals surface area contributed by atoms with E-state index in [9.17, 15) is 14.7 Å². The van der Waals surface area contributed by atoms with E-state index >= 15 is 0 Å². The number of para-hydroxylation sites is 1. The second-order valence-corrected chi connectivity index (χ2v) is 6.03. The van der Waals surface area contributed by atoms with Crippen LogP contribution in [0, 0.1) is 6.92 Å². The number of benzene rings is 2. The van der Waals surface area contributed by atoms with Crippen molar-refractivity contribution in [2.45, 2.75) is 20.3 Å². The highest BCUT2D eigenvalue weighted by Crippen LogP contribution is 2.28. The number of hydrogen-bond acceptors (Lipinski definition) is 3. The topological polar surface area (TPSA) is 82.2 Å². The lowest BCUT2D eigenvalue weighted by molar-refractivity contribution is 0.0955. The number of rotatable bonds is 4. The van der Waals surface area contributed by atoms with Crippen molar-refractivity contribution in [1.82, 2.24) is 10.3 Å². The van der Waals surface area contributed by atoms with Gasteiger partial charge in [-0.15, -0.1) is 0 Å². The van der Waals surface area contributed by atoms with Crippen LogP contribution in [0.1, 0.15) is 29.3 Å². The third kappa shape index (κ3) is 3.13. The molecule has 0 aliphatic rings. The Kier molecular flexibility index (Phi) is 4.57. The summed E-state index contributed by atoms with van der Waals surface area (Å²) in [5.41, 5.74) is 2.39. The van der Waals surface area contributed by atoms with Crippen LogP contribution in [0.25, 0.3) is 22.2 Å². The molecule has 0 bridgehead atoms. The van der Waals surface area contributed by atoms with Gasteiger partial charge in [0.05, 0.1) is 22.2 Å². The van der Waals surface area contributed by atoms with Gasteiger partial charge in [-0.25, -0.2) is 0 Å². The number of aromatic nitrogens is 1. The number of fused-ring (bicyclic) bond motifs is 1. The molecular formula is C20H20N2O3. The highest BCUT2D eigenvalue weighted by Gasteiger charge is 2.17. The lowest BCUT2D eigenvalue weighted by Gasteiger charge is -2.11. The maximum absolute atomic E-state index is 12.6. The van der Waals surface area contributed by atoms with Crippen LogP contribution in [-0.4, -0.2) is 22.5 Å². The Morgan fingerprint density at radius 2 is 1.88 bits per heavy atom. The van der Waals surface area contributed by atoms with Crippen LogP contribution < -0.4 is 10.7 Å². The van der Waals surface area contributed by atoms with E-state index in [1.54, 1.807) is 18.2 Å². The van der Waals surface area contributed by atoms with Gasteiger partial charge in [0, 0.05) is 12.1 Å². The van der Waals surface area contributed by atoms with E-state index in [1.807, 2.05) is 38.1 Å². The van der Waals surface area contributed by atoms with Crippen molar-refractivity contribution in [3.8, 4) is 17.0 Å². The van der Waals surface area contributed by atoms with Crippen molar-refractivity contribution in [2.75, 3.05) is 6.54 Å². The lowest BCUT2D eigenvalue weighted by Crippen LogP contribution is -2.24. The molecule has 3 rings (SSSR count). The Bertz CT molecular complexity index is 988. The van der Waals surface area contributed by atoms with Crippen LogP contribution in [0.5, 0.6) is 5.75 Å². The molecule has 0 unspecified atom stereocenters. The fourth-order valence-electron chi connectivity index (χ4n) is 2.75. The molecule has 0 fully saturated rings. The lowest BCUT2D eigenvalue weighted by atomic mass is 10.0. The number of amides is 1. The van der Waals surface area contributed by atoms with E-state index in [2.05, 4.69) is 10.3 Å². The molecule has 3 N–H and O–H groups in total. The number of carbonyl (C=O) groups is 1. The minimum absolute atomic E-state index is 0.247. The van der Waals surface area contributed by atoms with Gasteiger partial charge in [-0.05, 0) is 25.5 Å². The van der Waals surface area contributed by atoms with Gasteiger partial charge in [-0.1, -0.05) is 42.8 Å². The molecule has 0 atom stereocenters. The summed E-state index contributed by atoms with van der Waals surface area (Å²) in [5, 5.41) is 13.5. The highest BCUT2D eigenvalue weighted by molar-refractivity contribution is 6.06. The molecule has 0 spiro atoms. The van der Waals surface area contributed by atoms with Gasteiger partial charge in [-0.2, -0.15) is 0 Å². The van der Waals surface area contributed by atoms with Gasteiger partial charge >= 0.3 is 0 Å². The number of carbonyl (C=O) groups excluding carboxylic acids is 1. The van der Waals surface area contributed by atoms with Crippen molar-refractivity contribution in [2.24, 2.45) is 0 Å². The monoisotopic (exact) mass is 336 g/mol. The van der Waals surface area contributed by atoms with Crippen molar-refractivity contribution >= 4 is 16.8 Å². The number of aryl methyl sites for hydroxylation is 1. The van der Waals surface area contributed by atoms with E-state index in [4.69, 9.17) is 0 Å². The van der Waals surface area contributed by atoms with Gasteiger partial charge in [0.1, 0.15) is 0 Å². The van der Waals surface area contributed by atoms with E-state index in [1.165, 1.54) is 0 Å². The Labute approximate surface area is 145 Å². The summed E-state index contributed by atoms with van der Waals surface area (Å²) in [6.45, 7) is 4.49. The number of H-pyrrole nitrogens is 1. The highest BCUT2D eigenvalue weighted by atomic mass is 16.3. The molecule has 3 aromatic rings. The quantitative estimate of drug-likeness (QED) is 0.683.